The second-order valence-corrected chi connectivity index (χ2v) is 6.09. The van der Waals surface area contributed by atoms with Crippen molar-refractivity contribution in [3.8, 4) is 0 Å². The topological polar surface area (TPSA) is 112 Å². The Hall–Kier alpha value is -2.05. The van der Waals surface area contributed by atoms with Crippen molar-refractivity contribution >= 4 is 11.9 Å². The molecule has 1 heterocycles. The predicted octanol–water partition coefficient (Wildman–Crippen LogP) is 1.44. The Balaban J connectivity index is 1.81. The van der Waals surface area contributed by atoms with E-state index in [9.17, 15) is 14.4 Å². The van der Waals surface area contributed by atoms with E-state index in [2.05, 4.69) is 10.5 Å². The van der Waals surface area contributed by atoms with E-state index in [1.807, 2.05) is 0 Å². The molecule has 1 saturated carbocycles. The van der Waals surface area contributed by atoms with Crippen molar-refractivity contribution in [1.29, 1.82) is 0 Å². The van der Waals surface area contributed by atoms with Gasteiger partial charge in [-0.05, 0) is 18.3 Å². The first-order chi connectivity index (χ1) is 10.5. The average molecular weight is 310 g/mol. The Labute approximate surface area is 128 Å². The van der Waals surface area contributed by atoms with Crippen LogP contribution in [0.25, 0.3) is 0 Å². The van der Waals surface area contributed by atoms with Gasteiger partial charge in [-0.15, -0.1) is 0 Å². The third-order valence-corrected chi connectivity index (χ3v) is 4.27. The number of amides is 1. The minimum absolute atomic E-state index is 0.0972. The maximum atomic E-state index is 11.9. The standard InChI is InChI=1S/C15H22N2O5/c18-12(5-4-11-8-13(19)17-22-11)16-10-15(9-14(20)21)6-2-1-3-7-15/h8H,1-7,9-10H2,(H,16,18)(H,17,19)(H,20,21). The van der Waals surface area contributed by atoms with Crippen LogP contribution in [-0.4, -0.2) is 28.7 Å². The molecule has 0 unspecified atom stereocenters. The summed E-state index contributed by atoms with van der Waals surface area (Å²) in [7, 11) is 0. The maximum Gasteiger partial charge on any atom is 0.303 e. The molecule has 22 heavy (non-hydrogen) atoms. The van der Waals surface area contributed by atoms with Crippen molar-refractivity contribution in [1.82, 2.24) is 10.5 Å². The molecule has 1 aliphatic rings. The molecule has 7 nitrogen and oxygen atoms in total. The van der Waals surface area contributed by atoms with Crippen LogP contribution in [0.5, 0.6) is 0 Å². The lowest BCUT2D eigenvalue weighted by atomic mass is 9.71. The summed E-state index contributed by atoms with van der Waals surface area (Å²) in [4.78, 5) is 33.9. The number of carbonyl (C=O) groups is 2. The van der Waals surface area contributed by atoms with Gasteiger partial charge in [-0.3, -0.25) is 14.4 Å². The largest absolute Gasteiger partial charge is 0.481 e. The lowest BCUT2D eigenvalue weighted by Crippen LogP contribution is -2.40. The SMILES string of the molecule is O=C(O)CC1(CNC(=O)CCc2cc(=O)[nH]o2)CCCCC1. The van der Waals surface area contributed by atoms with Gasteiger partial charge in [0, 0.05) is 25.5 Å². The number of aryl methyl sites for hydroxylation is 1. The van der Waals surface area contributed by atoms with Crippen LogP contribution < -0.4 is 10.9 Å². The van der Waals surface area contributed by atoms with Crippen LogP contribution in [0.2, 0.25) is 0 Å². The van der Waals surface area contributed by atoms with E-state index in [0.717, 1.165) is 32.1 Å². The zero-order valence-electron chi connectivity index (χ0n) is 12.5. The predicted molar refractivity (Wildman–Crippen MR) is 78.4 cm³/mol. The lowest BCUT2D eigenvalue weighted by Gasteiger charge is -2.36. The molecule has 0 aliphatic heterocycles. The van der Waals surface area contributed by atoms with Crippen molar-refractivity contribution in [3.05, 3.63) is 22.2 Å². The van der Waals surface area contributed by atoms with Gasteiger partial charge < -0.3 is 14.9 Å². The summed E-state index contributed by atoms with van der Waals surface area (Å²) < 4.78 is 4.89. The highest BCUT2D eigenvalue weighted by Gasteiger charge is 2.34. The van der Waals surface area contributed by atoms with Gasteiger partial charge in [0.25, 0.3) is 5.56 Å². The molecule has 1 aliphatic carbocycles. The number of nitrogens with one attached hydrogen (secondary N) is 2. The Morgan fingerprint density at radius 2 is 2.05 bits per heavy atom. The van der Waals surface area contributed by atoms with Gasteiger partial charge in [0.1, 0.15) is 5.76 Å². The second kappa shape index (κ2) is 7.29. The quantitative estimate of drug-likeness (QED) is 0.705. The Bertz CT molecular complexity index is 568. The number of hydrogen-bond acceptors (Lipinski definition) is 4. The lowest BCUT2D eigenvalue weighted by molar-refractivity contribution is -0.140. The highest BCUT2D eigenvalue weighted by molar-refractivity contribution is 5.76. The highest BCUT2D eigenvalue weighted by Crippen LogP contribution is 2.38. The van der Waals surface area contributed by atoms with E-state index in [1.165, 1.54) is 6.07 Å². The van der Waals surface area contributed by atoms with Crippen LogP contribution in [0, 0.1) is 5.41 Å². The molecule has 0 bridgehead atoms. The molecule has 2 rings (SSSR count). The van der Waals surface area contributed by atoms with Gasteiger partial charge in [-0.1, -0.05) is 19.3 Å². The molecule has 122 valence electrons. The van der Waals surface area contributed by atoms with Gasteiger partial charge in [0.05, 0.1) is 6.42 Å². The van der Waals surface area contributed by atoms with Crippen LogP contribution in [0.4, 0.5) is 0 Å². The van der Waals surface area contributed by atoms with Crippen molar-refractivity contribution < 1.29 is 19.2 Å². The van der Waals surface area contributed by atoms with Crippen LogP contribution in [0.3, 0.4) is 0 Å². The summed E-state index contributed by atoms with van der Waals surface area (Å²) in [5, 5.41) is 14.1. The summed E-state index contributed by atoms with van der Waals surface area (Å²) in [6.07, 6.45) is 5.48. The minimum atomic E-state index is -0.815. The van der Waals surface area contributed by atoms with E-state index in [1.54, 1.807) is 0 Å². The number of carboxylic acids is 1. The molecule has 0 aromatic carbocycles. The summed E-state index contributed by atoms with van der Waals surface area (Å²) >= 11 is 0. The monoisotopic (exact) mass is 310 g/mol. The van der Waals surface area contributed by atoms with Crippen molar-refractivity contribution in [2.75, 3.05) is 6.54 Å². The van der Waals surface area contributed by atoms with E-state index >= 15 is 0 Å². The number of H-pyrrole nitrogens is 1. The second-order valence-electron chi connectivity index (χ2n) is 6.09. The first-order valence-electron chi connectivity index (χ1n) is 7.65. The van der Waals surface area contributed by atoms with E-state index in [0.29, 0.717) is 18.7 Å². The number of aromatic nitrogens is 1. The molecule has 3 N–H and O–H groups in total. The molecular weight excluding hydrogens is 288 g/mol. The number of hydrogen-bond donors (Lipinski definition) is 3. The number of carboxylic acid groups (broad SMARTS) is 1. The minimum Gasteiger partial charge on any atom is -0.481 e. The normalized spacial score (nSPS) is 17.1. The third-order valence-electron chi connectivity index (χ3n) is 4.27. The van der Waals surface area contributed by atoms with Gasteiger partial charge in [0.15, 0.2) is 0 Å². The number of carbonyl (C=O) groups excluding carboxylic acids is 1. The summed E-state index contributed by atoms with van der Waals surface area (Å²) in [6.45, 7) is 0.398. The molecular formula is C15H22N2O5. The first kappa shape index (κ1) is 16.3. The smallest absolute Gasteiger partial charge is 0.303 e. The Morgan fingerprint density at radius 1 is 1.32 bits per heavy atom. The van der Waals surface area contributed by atoms with Gasteiger partial charge in [-0.2, -0.15) is 5.16 Å². The van der Waals surface area contributed by atoms with Gasteiger partial charge in [-0.25, -0.2) is 0 Å². The van der Waals surface area contributed by atoms with Gasteiger partial charge >= 0.3 is 5.97 Å². The van der Waals surface area contributed by atoms with E-state index < -0.39 is 5.97 Å². The molecule has 1 amide bonds. The third kappa shape index (κ3) is 4.75. The van der Waals surface area contributed by atoms with E-state index in [4.69, 9.17) is 9.63 Å². The molecule has 0 spiro atoms. The molecule has 0 atom stereocenters. The molecule has 1 aromatic rings. The van der Waals surface area contributed by atoms with Crippen LogP contribution in [0.15, 0.2) is 15.4 Å². The fourth-order valence-electron chi connectivity index (χ4n) is 3.09. The van der Waals surface area contributed by atoms with Crippen molar-refractivity contribution in [2.45, 2.75) is 51.4 Å². The summed E-state index contributed by atoms with van der Waals surface area (Å²) in [5.74, 6) is -0.525. The number of aromatic amines is 1. The summed E-state index contributed by atoms with van der Waals surface area (Å²) in [6, 6.07) is 1.32. The van der Waals surface area contributed by atoms with Crippen LogP contribution in [-0.2, 0) is 16.0 Å². The summed E-state index contributed by atoms with van der Waals surface area (Å²) in [5.41, 5.74) is -0.640. The molecule has 1 aromatic heterocycles. The Morgan fingerprint density at radius 3 is 2.64 bits per heavy atom. The van der Waals surface area contributed by atoms with Crippen LogP contribution in [0.1, 0.15) is 50.7 Å². The molecule has 0 saturated heterocycles. The molecule has 1 fully saturated rings. The van der Waals surface area contributed by atoms with Crippen molar-refractivity contribution in [3.63, 3.8) is 0 Å². The van der Waals surface area contributed by atoms with Crippen LogP contribution >= 0.6 is 0 Å². The zero-order chi connectivity index (χ0) is 16.0. The van der Waals surface area contributed by atoms with E-state index in [-0.39, 0.29) is 29.7 Å². The molecule has 0 radical (unpaired) electrons. The zero-order valence-corrected chi connectivity index (χ0v) is 12.5. The number of rotatable bonds is 7. The van der Waals surface area contributed by atoms with Gasteiger partial charge in [0.2, 0.25) is 5.91 Å². The highest BCUT2D eigenvalue weighted by atomic mass is 16.5. The first-order valence-corrected chi connectivity index (χ1v) is 7.65. The molecule has 7 heteroatoms. The number of aliphatic carboxylic acids is 1. The Kier molecular flexibility index (Phi) is 5.41. The van der Waals surface area contributed by atoms with Crippen molar-refractivity contribution in [2.24, 2.45) is 5.41 Å². The fraction of sp³-hybridized carbons (Fsp3) is 0.667. The average Bonchev–Trinajstić information content (AvgIpc) is 2.89. The fourth-order valence-corrected chi connectivity index (χ4v) is 3.09. The maximum absolute atomic E-state index is 11.9.